The Bertz CT molecular complexity index is 218. The number of halogens is 3. The maximum atomic E-state index is 11.5. The van der Waals surface area contributed by atoms with Crippen molar-refractivity contribution in [3.05, 3.63) is 12.2 Å². The van der Waals surface area contributed by atoms with E-state index in [-0.39, 0.29) is 0 Å². The predicted octanol–water partition coefficient (Wildman–Crippen LogP) is 1.21. The molecule has 0 fully saturated rings. The number of carboxylic acids is 1. The van der Waals surface area contributed by atoms with Crippen molar-refractivity contribution in [2.24, 2.45) is 0 Å². The van der Waals surface area contributed by atoms with E-state index in [1.807, 2.05) is 0 Å². The van der Waals surface area contributed by atoms with Gasteiger partial charge < -0.3 is 5.11 Å². The highest BCUT2D eigenvalue weighted by atomic mass is 19.4. The van der Waals surface area contributed by atoms with Crippen molar-refractivity contribution >= 4 is 11.7 Å². The van der Waals surface area contributed by atoms with Crippen LogP contribution in [0.4, 0.5) is 13.2 Å². The Kier molecular flexibility index (Phi) is 2.40. The summed E-state index contributed by atoms with van der Waals surface area (Å²) in [4.78, 5) is 9.85. The van der Waals surface area contributed by atoms with E-state index in [1.54, 1.807) is 0 Å². The van der Waals surface area contributed by atoms with Crippen LogP contribution < -0.4 is 0 Å². The van der Waals surface area contributed by atoms with Gasteiger partial charge in [0.1, 0.15) is 5.71 Å². The summed E-state index contributed by atoms with van der Waals surface area (Å²) in [5, 5.41) is 14.2. The molecule has 0 rings (SSSR count). The molecule has 11 heavy (non-hydrogen) atoms. The molecule has 3 nitrogen and oxygen atoms in total. The minimum absolute atomic E-state index is 1.25. The summed E-state index contributed by atoms with van der Waals surface area (Å²) in [5.41, 5.74) is -3.18. The van der Waals surface area contributed by atoms with Gasteiger partial charge in [-0.1, -0.05) is 6.58 Å². The first-order valence-corrected chi connectivity index (χ1v) is 2.35. The van der Waals surface area contributed by atoms with E-state index in [0.717, 1.165) is 0 Å². The van der Waals surface area contributed by atoms with E-state index in [4.69, 9.17) is 10.5 Å². The van der Waals surface area contributed by atoms with Crippen molar-refractivity contribution in [2.45, 2.75) is 6.18 Å². The van der Waals surface area contributed by atoms with Gasteiger partial charge in [-0.2, -0.15) is 13.2 Å². The van der Waals surface area contributed by atoms with Crippen LogP contribution in [-0.4, -0.2) is 23.0 Å². The number of carboxylic acid groups (broad SMARTS) is 1. The Morgan fingerprint density at radius 1 is 1.45 bits per heavy atom. The van der Waals surface area contributed by atoms with Crippen LogP contribution in [0.2, 0.25) is 0 Å². The summed E-state index contributed by atoms with van der Waals surface area (Å²) in [6, 6.07) is 0. The summed E-state index contributed by atoms with van der Waals surface area (Å²) in [7, 11) is 0. The number of carbonyl (C=O) groups is 1. The monoisotopic (exact) mass is 167 g/mol. The van der Waals surface area contributed by atoms with Gasteiger partial charge in [-0.15, -0.1) is 0 Å². The molecule has 0 atom stereocenters. The summed E-state index contributed by atoms with van der Waals surface area (Å²) in [5.74, 6) is -1.84. The SMILES string of the molecule is C=C(C(=N)C(F)(F)F)C(=O)O. The number of hydrogen-bond acceptors (Lipinski definition) is 2. The fourth-order valence-corrected chi connectivity index (χ4v) is 0.278. The third-order valence-electron chi connectivity index (χ3n) is 0.843. The van der Waals surface area contributed by atoms with Gasteiger partial charge in [-0.3, -0.25) is 5.41 Å². The Morgan fingerprint density at radius 2 is 1.82 bits per heavy atom. The maximum Gasteiger partial charge on any atom is 0.433 e. The highest BCUT2D eigenvalue weighted by molar-refractivity contribution is 6.19. The van der Waals surface area contributed by atoms with E-state index in [0.29, 0.717) is 0 Å². The smallest absolute Gasteiger partial charge is 0.433 e. The van der Waals surface area contributed by atoms with Crippen LogP contribution in [0.15, 0.2) is 12.2 Å². The molecule has 62 valence electrons. The summed E-state index contributed by atoms with van der Waals surface area (Å²) in [6.45, 7) is 2.58. The quantitative estimate of drug-likeness (QED) is 0.479. The molecule has 0 aliphatic carbocycles. The van der Waals surface area contributed by atoms with E-state index in [9.17, 15) is 18.0 Å². The Hall–Kier alpha value is -1.33. The van der Waals surface area contributed by atoms with Crippen molar-refractivity contribution in [3.8, 4) is 0 Å². The van der Waals surface area contributed by atoms with Crippen LogP contribution in [-0.2, 0) is 4.79 Å². The number of rotatable bonds is 2. The fraction of sp³-hybridized carbons (Fsp3) is 0.200. The molecule has 0 aliphatic heterocycles. The van der Waals surface area contributed by atoms with E-state index in [2.05, 4.69) is 6.58 Å². The minimum atomic E-state index is -4.94. The Morgan fingerprint density at radius 3 is 1.91 bits per heavy atom. The van der Waals surface area contributed by atoms with Gasteiger partial charge in [0.15, 0.2) is 0 Å². The molecule has 0 radical (unpaired) electrons. The van der Waals surface area contributed by atoms with E-state index < -0.39 is 23.4 Å². The van der Waals surface area contributed by atoms with Crippen LogP contribution in [0.5, 0.6) is 0 Å². The third kappa shape index (κ3) is 2.40. The van der Waals surface area contributed by atoms with Crippen LogP contribution in [0.1, 0.15) is 0 Å². The largest absolute Gasteiger partial charge is 0.478 e. The zero-order valence-corrected chi connectivity index (χ0v) is 5.20. The van der Waals surface area contributed by atoms with Gasteiger partial charge in [0.05, 0.1) is 5.57 Å². The molecule has 0 unspecified atom stereocenters. The van der Waals surface area contributed by atoms with Crippen molar-refractivity contribution in [3.63, 3.8) is 0 Å². The molecule has 0 aliphatic rings. The molecule has 6 heteroatoms. The molecule has 0 aromatic carbocycles. The number of hydrogen-bond donors (Lipinski definition) is 2. The van der Waals surface area contributed by atoms with Gasteiger partial charge in [-0.25, -0.2) is 4.79 Å². The van der Waals surface area contributed by atoms with Crippen LogP contribution in [0.3, 0.4) is 0 Å². The molecule has 0 heterocycles. The average Bonchev–Trinajstić information content (AvgIpc) is 1.82. The summed E-state index contributed by atoms with van der Waals surface area (Å²) >= 11 is 0. The lowest BCUT2D eigenvalue weighted by molar-refractivity contribution is -0.132. The summed E-state index contributed by atoms with van der Waals surface area (Å²) in [6.07, 6.45) is -4.94. The lowest BCUT2D eigenvalue weighted by Crippen LogP contribution is -2.26. The molecule has 0 aromatic heterocycles. The lowest BCUT2D eigenvalue weighted by atomic mass is 10.2. The first kappa shape index (κ1) is 9.67. The van der Waals surface area contributed by atoms with E-state index >= 15 is 0 Å². The second kappa shape index (κ2) is 2.73. The molecular formula is C5H4F3NO2. The van der Waals surface area contributed by atoms with Crippen LogP contribution >= 0.6 is 0 Å². The molecule has 0 amide bonds. The van der Waals surface area contributed by atoms with E-state index in [1.165, 1.54) is 0 Å². The fourth-order valence-electron chi connectivity index (χ4n) is 0.278. The van der Waals surface area contributed by atoms with Crippen molar-refractivity contribution in [1.29, 1.82) is 5.41 Å². The highest BCUT2D eigenvalue weighted by Crippen LogP contribution is 2.19. The second-order valence-electron chi connectivity index (χ2n) is 1.66. The average molecular weight is 167 g/mol. The molecule has 2 N–H and O–H groups in total. The minimum Gasteiger partial charge on any atom is -0.478 e. The standard InChI is InChI=1S/C5H4F3NO2/c1-2(4(10)11)3(9)5(6,7)8/h9H,1H2,(H,10,11). The second-order valence-corrected chi connectivity index (χ2v) is 1.66. The van der Waals surface area contributed by atoms with Gasteiger partial charge >= 0.3 is 12.1 Å². The molecule has 0 spiro atoms. The third-order valence-corrected chi connectivity index (χ3v) is 0.843. The molecular weight excluding hydrogens is 163 g/mol. The summed E-state index contributed by atoms with van der Waals surface area (Å²) < 4.78 is 34.5. The molecule has 0 aromatic rings. The van der Waals surface area contributed by atoms with Crippen molar-refractivity contribution < 1.29 is 23.1 Å². The zero-order chi connectivity index (χ0) is 9.23. The molecule has 0 saturated carbocycles. The molecule has 0 bridgehead atoms. The topological polar surface area (TPSA) is 61.2 Å². The Balaban J connectivity index is 4.53. The zero-order valence-electron chi connectivity index (χ0n) is 5.20. The van der Waals surface area contributed by atoms with Crippen LogP contribution in [0.25, 0.3) is 0 Å². The van der Waals surface area contributed by atoms with Gasteiger partial charge in [0.25, 0.3) is 0 Å². The lowest BCUT2D eigenvalue weighted by Gasteiger charge is -2.06. The first-order valence-electron chi connectivity index (χ1n) is 2.35. The van der Waals surface area contributed by atoms with Crippen LogP contribution in [0, 0.1) is 5.41 Å². The van der Waals surface area contributed by atoms with Gasteiger partial charge in [-0.05, 0) is 0 Å². The van der Waals surface area contributed by atoms with Gasteiger partial charge in [0.2, 0.25) is 0 Å². The predicted molar refractivity (Wildman–Crippen MR) is 30.6 cm³/mol. The Labute approximate surface area is 59.6 Å². The highest BCUT2D eigenvalue weighted by Gasteiger charge is 2.37. The number of aliphatic carboxylic acids is 1. The number of alkyl halides is 3. The number of nitrogens with one attached hydrogen (secondary N) is 1. The van der Waals surface area contributed by atoms with Crippen molar-refractivity contribution in [1.82, 2.24) is 0 Å². The van der Waals surface area contributed by atoms with Crippen molar-refractivity contribution in [2.75, 3.05) is 0 Å². The maximum absolute atomic E-state index is 11.5. The van der Waals surface area contributed by atoms with Gasteiger partial charge in [0, 0.05) is 0 Å². The molecule has 0 saturated heterocycles. The first-order chi connectivity index (χ1) is 4.76. The normalized spacial score (nSPS) is 10.8.